The van der Waals surface area contributed by atoms with Crippen LogP contribution in [0.2, 0.25) is 0 Å². The lowest BCUT2D eigenvalue weighted by Crippen LogP contribution is -2.37. The number of methoxy groups -OCH3 is 1. The van der Waals surface area contributed by atoms with Crippen LogP contribution in [0, 0.1) is 0 Å². The molecule has 8 heteroatoms. The molecule has 132 valence electrons. The van der Waals surface area contributed by atoms with Crippen LogP contribution in [0.25, 0.3) is 0 Å². The Hall–Kier alpha value is -1.67. The quantitative estimate of drug-likeness (QED) is 0.598. The molecule has 0 aromatic carbocycles. The molecule has 1 rings (SSSR count). The highest BCUT2D eigenvalue weighted by Gasteiger charge is 2.17. The maximum atomic E-state index is 11.6. The SMILES string of the molecule is COCC(CCCNC(=O)OC(C)(C)C)NC(C)c1ncn[nH]1. The minimum absolute atomic E-state index is 0.0523. The number of ether oxygens (including phenoxy) is 2. The molecule has 0 saturated heterocycles. The number of H-pyrrole nitrogens is 1. The number of alkyl carbamates (subject to hydrolysis) is 1. The van der Waals surface area contributed by atoms with E-state index in [1.165, 1.54) is 6.33 Å². The molecule has 0 aliphatic carbocycles. The highest BCUT2D eigenvalue weighted by Crippen LogP contribution is 2.09. The number of hydrogen-bond donors (Lipinski definition) is 3. The lowest BCUT2D eigenvalue weighted by Gasteiger charge is -2.22. The van der Waals surface area contributed by atoms with Crippen LogP contribution < -0.4 is 10.6 Å². The van der Waals surface area contributed by atoms with Gasteiger partial charge in [-0.15, -0.1) is 0 Å². The Morgan fingerprint density at radius 2 is 2.17 bits per heavy atom. The maximum Gasteiger partial charge on any atom is 0.407 e. The van der Waals surface area contributed by atoms with Gasteiger partial charge in [0.05, 0.1) is 12.6 Å². The van der Waals surface area contributed by atoms with Crippen LogP contribution in [-0.4, -0.2) is 53.2 Å². The van der Waals surface area contributed by atoms with E-state index in [0.29, 0.717) is 13.2 Å². The molecule has 1 amide bonds. The second kappa shape index (κ2) is 9.46. The van der Waals surface area contributed by atoms with Gasteiger partial charge in [0.2, 0.25) is 0 Å². The van der Waals surface area contributed by atoms with Crippen molar-refractivity contribution in [1.82, 2.24) is 25.8 Å². The van der Waals surface area contributed by atoms with Gasteiger partial charge in [0.25, 0.3) is 0 Å². The molecular weight excluding hydrogens is 298 g/mol. The first-order valence-corrected chi connectivity index (χ1v) is 7.89. The molecule has 2 atom stereocenters. The van der Waals surface area contributed by atoms with E-state index in [2.05, 4.69) is 25.8 Å². The normalized spacial score (nSPS) is 14.3. The zero-order valence-corrected chi connectivity index (χ0v) is 14.7. The largest absolute Gasteiger partial charge is 0.444 e. The van der Waals surface area contributed by atoms with Gasteiger partial charge in [0.1, 0.15) is 17.8 Å². The van der Waals surface area contributed by atoms with Gasteiger partial charge in [0, 0.05) is 19.7 Å². The fraction of sp³-hybridized carbons (Fsp3) is 0.800. The summed E-state index contributed by atoms with van der Waals surface area (Å²) >= 11 is 0. The third-order valence-corrected chi connectivity index (χ3v) is 3.09. The summed E-state index contributed by atoms with van der Waals surface area (Å²) in [6, 6.07) is 0.219. The van der Waals surface area contributed by atoms with Crippen molar-refractivity contribution in [2.45, 2.75) is 58.2 Å². The van der Waals surface area contributed by atoms with E-state index in [-0.39, 0.29) is 18.2 Å². The van der Waals surface area contributed by atoms with Gasteiger partial charge in [-0.1, -0.05) is 0 Å². The molecule has 0 radical (unpaired) electrons. The van der Waals surface area contributed by atoms with Crippen molar-refractivity contribution in [2.24, 2.45) is 0 Å². The van der Waals surface area contributed by atoms with Gasteiger partial charge in [0.15, 0.2) is 0 Å². The number of amides is 1. The highest BCUT2D eigenvalue weighted by molar-refractivity contribution is 5.67. The van der Waals surface area contributed by atoms with Gasteiger partial charge in [-0.25, -0.2) is 9.78 Å². The van der Waals surface area contributed by atoms with Crippen LogP contribution >= 0.6 is 0 Å². The Bertz CT molecular complexity index is 444. The molecular formula is C15H29N5O3. The fourth-order valence-corrected chi connectivity index (χ4v) is 2.13. The standard InChI is InChI=1S/C15H29N5O3/c1-11(13-17-10-18-20-13)19-12(9-22-5)7-6-8-16-14(21)23-15(2,3)4/h10-12,19H,6-9H2,1-5H3,(H,16,21)(H,17,18,20). The first kappa shape index (κ1) is 19.4. The molecule has 0 saturated carbocycles. The first-order valence-electron chi connectivity index (χ1n) is 7.89. The number of rotatable bonds is 9. The van der Waals surface area contributed by atoms with E-state index < -0.39 is 5.60 Å². The number of hydrogen-bond acceptors (Lipinski definition) is 6. The second-order valence-electron chi connectivity index (χ2n) is 6.48. The molecule has 0 aliphatic rings. The van der Waals surface area contributed by atoms with Crippen molar-refractivity contribution >= 4 is 6.09 Å². The van der Waals surface area contributed by atoms with Crippen molar-refractivity contribution < 1.29 is 14.3 Å². The van der Waals surface area contributed by atoms with Gasteiger partial charge in [-0.05, 0) is 40.5 Å². The predicted molar refractivity (Wildman–Crippen MR) is 87.1 cm³/mol. The summed E-state index contributed by atoms with van der Waals surface area (Å²) in [7, 11) is 1.67. The van der Waals surface area contributed by atoms with Crippen molar-refractivity contribution in [3.05, 3.63) is 12.2 Å². The van der Waals surface area contributed by atoms with E-state index in [1.807, 2.05) is 27.7 Å². The fourth-order valence-electron chi connectivity index (χ4n) is 2.13. The number of nitrogens with zero attached hydrogens (tertiary/aromatic N) is 2. The van der Waals surface area contributed by atoms with E-state index in [4.69, 9.17) is 9.47 Å². The number of nitrogens with one attached hydrogen (secondary N) is 3. The molecule has 1 aromatic heterocycles. The maximum absolute atomic E-state index is 11.6. The lowest BCUT2D eigenvalue weighted by molar-refractivity contribution is 0.0526. The van der Waals surface area contributed by atoms with Crippen LogP contribution in [0.4, 0.5) is 4.79 Å². The Morgan fingerprint density at radius 1 is 1.43 bits per heavy atom. The summed E-state index contributed by atoms with van der Waals surface area (Å²) in [5.41, 5.74) is -0.475. The van der Waals surface area contributed by atoms with E-state index in [9.17, 15) is 4.79 Å². The van der Waals surface area contributed by atoms with Gasteiger partial charge in [-0.3, -0.25) is 5.10 Å². The highest BCUT2D eigenvalue weighted by atomic mass is 16.6. The average molecular weight is 327 g/mol. The Balaban J connectivity index is 2.29. The van der Waals surface area contributed by atoms with E-state index in [1.54, 1.807) is 7.11 Å². The molecule has 1 heterocycles. The number of aromatic nitrogens is 3. The zero-order valence-electron chi connectivity index (χ0n) is 14.7. The molecule has 23 heavy (non-hydrogen) atoms. The third-order valence-electron chi connectivity index (χ3n) is 3.09. The summed E-state index contributed by atoms with van der Waals surface area (Å²) in [6.45, 7) is 8.70. The molecule has 8 nitrogen and oxygen atoms in total. The Labute approximate surface area is 137 Å². The monoisotopic (exact) mass is 327 g/mol. The molecule has 1 aromatic rings. The zero-order chi connectivity index (χ0) is 17.3. The lowest BCUT2D eigenvalue weighted by atomic mass is 10.1. The van der Waals surface area contributed by atoms with Crippen LogP contribution in [0.3, 0.4) is 0 Å². The smallest absolute Gasteiger partial charge is 0.407 e. The van der Waals surface area contributed by atoms with Gasteiger partial charge >= 0.3 is 6.09 Å². The second-order valence-corrected chi connectivity index (χ2v) is 6.48. The molecule has 3 N–H and O–H groups in total. The topological polar surface area (TPSA) is 101 Å². The molecule has 0 aliphatic heterocycles. The summed E-state index contributed by atoms with van der Waals surface area (Å²) in [5, 5.41) is 12.9. The summed E-state index contributed by atoms with van der Waals surface area (Å²) < 4.78 is 10.4. The molecule has 0 fully saturated rings. The van der Waals surface area contributed by atoms with Crippen LogP contribution in [-0.2, 0) is 9.47 Å². The summed E-state index contributed by atoms with van der Waals surface area (Å²) in [5.74, 6) is 0.790. The van der Waals surface area contributed by atoms with Crippen molar-refractivity contribution in [2.75, 3.05) is 20.3 Å². The van der Waals surface area contributed by atoms with Crippen molar-refractivity contribution in [3.8, 4) is 0 Å². The number of aromatic amines is 1. The van der Waals surface area contributed by atoms with Gasteiger partial charge < -0.3 is 20.1 Å². The Morgan fingerprint density at radius 3 is 2.74 bits per heavy atom. The van der Waals surface area contributed by atoms with Crippen LogP contribution in [0.1, 0.15) is 52.4 Å². The summed E-state index contributed by atoms with van der Waals surface area (Å²) in [6.07, 6.45) is 2.79. The Kier molecular flexibility index (Phi) is 7.97. The number of carbonyl (C=O) groups is 1. The van der Waals surface area contributed by atoms with Crippen LogP contribution in [0.15, 0.2) is 6.33 Å². The van der Waals surface area contributed by atoms with Crippen molar-refractivity contribution in [3.63, 3.8) is 0 Å². The van der Waals surface area contributed by atoms with E-state index >= 15 is 0 Å². The van der Waals surface area contributed by atoms with Gasteiger partial charge in [-0.2, -0.15) is 5.10 Å². The minimum Gasteiger partial charge on any atom is -0.444 e. The molecule has 0 spiro atoms. The number of carbonyl (C=O) groups excluding carboxylic acids is 1. The first-order chi connectivity index (χ1) is 10.8. The minimum atomic E-state index is -0.475. The van der Waals surface area contributed by atoms with E-state index in [0.717, 1.165) is 18.7 Å². The molecule has 0 bridgehead atoms. The summed E-state index contributed by atoms with van der Waals surface area (Å²) in [4.78, 5) is 15.7. The average Bonchev–Trinajstić information content (AvgIpc) is 2.95. The third kappa shape index (κ3) is 8.51. The van der Waals surface area contributed by atoms with Crippen LogP contribution in [0.5, 0.6) is 0 Å². The van der Waals surface area contributed by atoms with Crippen molar-refractivity contribution in [1.29, 1.82) is 0 Å². The molecule has 2 unspecified atom stereocenters. The predicted octanol–water partition coefficient (Wildman–Crippen LogP) is 1.78.